The van der Waals surface area contributed by atoms with Gasteiger partial charge in [0, 0.05) is 42.1 Å². The number of nitrogens with zero attached hydrogens (tertiary/aromatic N) is 4. The van der Waals surface area contributed by atoms with Gasteiger partial charge in [-0.05, 0) is 30.3 Å². The highest BCUT2D eigenvalue weighted by Crippen LogP contribution is 2.22. The molecule has 1 saturated heterocycles. The van der Waals surface area contributed by atoms with Crippen molar-refractivity contribution in [2.24, 2.45) is 0 Å². The van der Waals surface area contributed by atoms with E-state index in [-0.39, 0.29) is 18.7 Å². The van der Waals surface area contributed by atoms with Crippen molar-refractivity contribution < 1.29 is 14.3 Å². The second-order valence-electron chi connectivity index (χ2n) is 6.06. The number of carbonyl (C=O) groups excluding carboxylic acids is 2. The molecule has 0 aliphatic carbocycles. The Morgan fingerprint density at radius 1 is 1.18 bits per heavy atom. The van der Waals surface area contributed by atoms with E-state index >= 15 is 0 Å². The summed E-state index contributed by atoms with van der Waals surface area (Å²) in [6.45, 7) is 1.14. The Morgan fingerprint density at radius 3 is 2.89 bits per heavy atom. The number of ether oxygens (including phenoxy) is 1. The quantitative estimate of drug-likeness (QED) is 0.710. The number of hydrogen-bond donors (Lipinski definition) is 2. The molecule has 0 radical (unpaired) electrons. The van der Waals surface area contributed by atoms with Crippen LogP contribution in [0.4, 0.5) is 21.0 Å². The molecule has 142 valence electrons. The summed E-state index contributed by atoms with van der Waals surface area (Å²) < 4.78 is 6.59. The predicted molar refractivity (Wildman–Crippen MR) is 102 cm³/mol. The maximum absolute atomic E-state index is 12.3. The van der Waals surface area contributed by atoms with Crippen LogP contribution in [0.25, 0.3) is 5.82 Å². The van der Waals surface area contributed by atoms with Gasteiger partial charge in [0.2, 0.25) is 0 Å². The summed E-state index contributed by atoms with van der Waals surface area (Å²) in [5.41, 5.74) is 2.08. The van der Waals surface area contributed by atoms with Crippen LogP contribution in [0.1, 0.15) is 5.56 Å². The molecule has 9 heteroatoms. The van der Waals surface area contributed by atoms with Gasteiger partial charge in [0.25, 0.3) is 0 Å². The molecule has 1 fully saturated rings. The van der Waals surface area contributed by atoms with Crippen molar-refractivity contribution in [3.05, 3.63) is 66.6 Å². The lowest BCUT2D eigenvalue weighted by Gasteiger charge is -2.14. The van der Waals surface area contributed by atoms with Gasteiger partial charge in [-0.2, -0.15) is 5.10 Å². The minimum absolute atomic E-state index is 0.285. The fourth-order valence-corrected chi connectivity index (χ4v) is 2.90. The van der Waals surface area contributed by atoms with Crippen molar-refractivity contribution in [3.63, 3.8) is 0 Å². The zero-order valence-corrected chi connectivity index (χ0v) is 14.9. The summed E-state index contributed by atoms with van der Waals surface area (Å²) in [4.78, 5) is 29.8. The van der Waals surface area contributed by atoms with E-state index in [1.807, 2.05) is 12.1 Å². The maximum Gasteiger partial charge on any atom is 0.414 e. The van der Waals surface area contributed by atoms with Crippen molar-refractivity contribution in [2.45, 2.75) is 6.54 Å². The van der Waals surface area contributed by atoms with Crippen LogP contribution in [-0.2, 0) is 11.3 Å². The average molecular weight is 378 g/mol. The summed E-state index contributed by atoms with van der Waals surface area (Å²) in [5.74, 6) is 0.655. The molecule has 2 N–H and O–H groups in total. The van der Waals surface area contributed by atoms with Crippen LogP contribution in [0, 0.1) is 0 Å². The molecule has 28 heavy (non-hydrogen) atoms. The first-order valence-corrected chi connectivity index (χ1v) is 8.74. The summed E-state index contributed by atoms with van der Waals surface area (Å²) in [6.07, 6.45) is 4.75. The topological polar surface area (TPSA) is 101 Å². The first-order chi connectivity index (χ1) is 13.7. The molecule has 0 atom stereocenters. The second kappa shape index (κ2) is 7.78. The minimum Gasteiger partial charge on any atom is -0.447 e. The smallest absolute Gasteiger partial charge is 0.414 e. The Bertz CT molecular complexity index is 989. The molecule has 1 aromatic carbocycles. The van der Waals surface area contributed by atoms with Gasteiger partial charge < -0.3 is 15.4 Å². The number of rotatable bonds is 5. The van der Waals surface area contributed by atoms with Gasteiger partial charge in [0.15, 0.2) is 5.82 Å². The fourth-order valence-electron chi connectivity index (χ4n) is 2.90. The SMILES string of the molecule is O=C(NCc1cccnc1-n1cccn1)Nc1cccc(N2CCOC2=O)c1. The zero-order valence-electron chi connectivity index (χ0n) is 14.9. The predicted octanol–water partition coefficient (Wildman–Crippen LogP) is 2.55. The van der Waals surface area contributed by atoms with E-state index in [2.05, 4.69) is 20.7 Å². The molecular weight excluding hydrogens is 360 g/mol. The Hall–Kier alpha value is -3.88. The van der Waals surface area contributed by atoms with E-state index in [4.69, 9.17) is 4.74 Å². The average Bonchev–Trinajstić information content (AvgIpc) is 3.39. The third-order valence-electron chi connectivity index (χ3n) is 4.20. The molecule has 2 aromatic heterocycles. The highest BCUT2D eigenvalue weighted by Gasteiger charge is 2.23. The maximum atomic E-state index is 12.3. The van der Waals surface area contributed by atoms with Gasteiger partial charge in [-0.3, -0.25) is 4.90 Å². The lowest BCUT2D eigenvalue weighted by Crippen LogP contribution is -2.29. The largest absolute Gasteiger partial charge is 0.447 e. The lowest BCUT2D eigenvalue weighted by atomic mass is 10.2. The first kappa shape index (κ1) is 17.5. The summed E-state index contributed by atoms with van der Waals surface area (Å²) in [6, 6.07) is 12.2. The first-order valence-electron chi connectivity index (χ1n) is 8.74. The highest BCUT2D eigenvalue weighted by molar-refractivity contribution is 5.93. The van der Waals surface area contributed by atoms with Gasteiger partial charge >= 0.3 is 12.1 Å². The number of cyclic esters (lactones) is 1. The number of urea groups is 1. The standard InChI is InChI=1S/C19H18N6O3/c26-18(21-13-14-4-2-7-20-17(14)25-9-3-8-22-25)23-15-5-1-6-16(12-15)24-10-11-28-19(24)27/h1-9,12H,10-11,13H2,(H2,21,23,26). The number of benzene rings is 1. The number of pyridine rings is 1. The van der Waals surface area contributed by atoms with Crippen molar-refractivity contribution >= 4 is 23.5 Å². The molecule has 4 rings (SSSR count). The Morgan fingerprint density at radius 2 is 2.11 bits per heavy atom. The molecule has 3 aromatic rings. The van der Waals surface area contributed by atoms with Gasteiger partial charge in [-0.15, -0.1) is 0 Å². The van der Waals surface area contributed by atoms with Crippen LogP contribution < -0.4 is 15.5 Å². The lowest BCUT2D eigenvalue weighted by molar-refractivity contribution is 0.181. The Kier molecular flexibility index (Phi) is 4.87. The van der Waals surface area contributed by atoms with Crippen molar-refractivity contribution in [2.75, 3.05) is 23.4 Å². The Balaban J connectivity index is 1.40. The van der Waals surface area contributed by atoms with E-state index < -0.39 is 0 Å². The van der Waals surface area contributed by atoms with Gasteiger partial charge in [-0.1, -0.05) is 12.1 Å². The van der Waals surface area contributed by atoms with Crippen LogP contribution in [0.15, 0.2) is 61.1 Å². The molecule has 0 spiro atoms. The van der Waals surface area contributed by atoms with Crippen LogP contribution in [0.2, 0.25) is 0 Å². The summed E-state index contributed by atoms with van der Waals surface area (Å²) in [5, 5.41) is 9.76. The van der Waals surface area contributed by atoms with Crippen LogP contribution >= 0.6 is 0 Å². The molecule has 0 unspecified atom stereocenters. The molecule has 3 amide bonds. The monoisotopic (exact) mass is 378 g/mol. The van der Waals surface area contributed by atoms with Crippen LogP contribution in [0.3, 0.4) is 0 Å². The van der Waals surface area contributed by atoms with Crippen LogP contribution in [0.5, 0.6) is 0 Å². The molecule has 9 nitrogen and oxygen atoms in total. The van der Waals surface area contributed by atoms with E-state index in [0.29, 0.717) is 30.3 Å². The van der Waals surface area contributed by atoms with E-state index in [0.717, 1.165) is 5.56 Å². The third kappa shape index (κ3) is 3.78. The highest BCUT2D eigenvalue weighted by atomic mass is 16.6. The Labute approximate surface area is 160 Å². The zero-order chi connectivity index (χ0) is 19.3. The van der Waals surface area contributed by atoms with E-state index in [1.165, 1.54) is 4.90 Å². The van der Waals surface area contributed by atoms with Gasteiger partial charge in [0.1, 0.15) is 6.61 Å². The summed E-state index contributed by atoms with van der Waals surface area (Å²) >= 11 is 0. The third-order valence-corrected chi connectivity index (χ3v) is 4.20. The number of aromatic nitrogens is 3. The van der Waals surface area contributed by atoms with Gasteiger partial charge in [-0.25, -0.2) is 19.3 Å². The fraction of sp³-hybridized carbons (Fsp3) is 0.158. The molecular formula is C19H18N6O3. The van der Waals surface area contributed by atoms with Crippen molar-refractivity contribution in [1.82, 2.24) is 20.1 Å². The normalized spacial score (nSPS) is 13.3. The minimum atomic E-state index is -0.385. The number of anilines is 2. The summed E-state index contributed by atoms with van der Waals surface area (Å²) in [7, 11) is 0. The number of amides is 3. The number of carbonyl (C=O) groups is 2. The molecule has 0 saturated carbocycles. The van der Waals surface area contributed by atoms with Gasteiger partial charge in [0.05, 0.1) is 6.54 Å². The number of hydrogen-bond acceptors (Lipinski definition) is 5. The van der Waals surface area contributed by atoms with Crippen LogP contribution in [-0.4, -0.2) is 40.0 Å². The number of nitrogens with one attached hydrogen (secondary N) is 2. The second-order valence-corrected chi connectivity index (χ2v) is 6.06. The molecule has 1 aliphatic rings. The molecule has 1 aliphatic heterocycles. The van der Waals surface area contributed by atoms with Crippen molar-refractivity contribution in [3.8, 4) is 5.82 Å². The molecule has 3 heterocycles. The van der Waals surface area contributed by atoms with E-state index in [9.17, 15) is 9.59 Å². The van der Waals surface area contributed by atoms with Crippen molar-refractivity contribution in [1.29, 1.82) is 0 Å². The van der Waals surface area contributed by atoms with E-state index in [1.54, 1.807) is 53.6 Å². The molecule has 0 bridgehead atoms.